The van der Waals surface area contributed by atoms with Gasteiger partial charge in [-0.1, -0.05) is 32.0 Å². The molecule has 3 aromatic rings. The summed E-state index contributed by atoms with van der Waals surface area (Å²) in [6.45, 7) is 5.89. The van der Waals surface area contributed by atoms with Crippen molar-refractivity contribution in [1.29, 1.82) is 0 Å². The quantitative estimate of drug-likeness (QED) is 0.462. The summed E-state index contributed by atoms with van der Waals surface area (Å²) >= 11 is 0. The van der Waals surface area contributed by atoms with Crippen molar-refractivity contribution in [2.45, 2.75) is 58.9 Å². The van der Waals surface area contributed by atoms with E-state index in [1.807, 2.05) is 41.3 Å². The van der Waals surface area contributed by atoms with Crippen molar-refractivity contribution >= 4 is 34.3 Å². The molecule has 0 saturated heterocycles. The first-order valence-electron chi connectivity index (χ1n) is 13.7. The summed E-state index contributed by atoms with van der Waals surface area (Å²) in [6.07, 6.45) is 6.88. The minimum absolute atomic E-state index is 0.0269. The topological polar surface area (TPSA) is 101 Å². The fourth-order valence-electron chi connectivity index (χ4n) is 5.85. The molecule has 5 rings (SSSR count). The van der Waals surface area contributed by atoms with Gasteiger partial charge in [-0.15, -0.1) is 0 Å². The molecule has 1 aliphatic heterocycles. The predicted molar refractivity (Wildman–Crippen MR) is 154 cm³/mol. The lowest BCUT2D eigenvalue weighted by Gasteiger charge is -2.22. The van der Waals surface area contributed by atoms with Gasteiger partial charge in [-0.2, -0.15) is 0 Å². The highest BCUT2D eigenvalue weighted by Gasteiger charge is 2.23. The predicted octanol–water partition coefficient (Wildman–Crippen LogP) is 4.57. The van der Waals surface area contributed by atoms with E-state index in [1.54, 1.807) is 4.57 Å². The van der Waals surface area contributed by atoms with Crippen LogP contribution < -0.4 is 11.3 Å². The summed E-state index contributed by atoms with van der Waals surface area (Å²) in [5, 5.41) is 11.2. The van der Waals surface area contributed by atoms with E-state index in [1.165, 1.54) is 5.56 Å². The third-order valence-electron chi connectivity index (χ3n) is 7.54. The molecule has 0 atom stereocenters. The lowest BCUT2D eigenvalue weighted by Crippen LogP contribution is -2.34. The molecule has 7 heteroatoms. The molecule has 7 nitrogen and oxygen atoms in total. The molecule has 0 unspecified atom stereocenters. The number of amides is 1. The van der Waals surface area contributed by atoms with E-state index in [0.29, 0.717) is 29.8 Å². The van der Waals surface area contributed by atoms with Gasteiger partial charge in [0.05, 0.1) is 12.3 Å². The Morgan fingerprint density at radius 3 is 2.53 bits per heavy atom. The number of aryl methyl sites for hydroxylation is 1. The molecule has 0 bridgehead atoms. The fourth-order valence-corrected chi connectivity index (χ4v) is 5.85. The maximum absolute atomic E-state index is 13.3. The maximum Gasteiger partial charge on any atom is 0.258 e. The van der Waals surface area contributed by atoms with E-state index < -0.39 is 0 Å². The zero-order chi connectivity index (χ0) is 26.8. The number of aliphatic hydroxyl groups is 1. The smallest absolute Gasteiger partial charge is 0.258 e. The Labute approximate surface area is 223 Å². The second-order valence-electron chi connectivity index (χ2n) is 10.2. The second-order valence-corrected chi connectivity index (χ2v) is 10.2. The Bertz CT molecular complexity index is 1510. The number of carbonyl (C=O) groups excluding carboxylic acids is 1. The Hall–Kier alpha value is -3.71. The summed E-state index contributed by atoms with van der Waals surface area (Å²) in [7, 11) is 0. The average molecular weight is 513 g/mol. The number of aromatic nitrogens is 1. The molecular formula is C31H36N4O3. The number of nitrogens with zero attached hydrogens (tertiary/aromatic N) is 3. The van der Waals surface area contributed by atoms with Crippen LogP contribution >= 0.6 is 0 Å². The molecule has 0 fully saturated rings. The SMILES string of the molecule is CCCN(CCC)C(=O)C1=Cc2ccc(-c3ccc4c(=O)n(CCO)c5c(c4c3)CCC5)cc2N=C(N)C1. The lowest BCUT2D eigenvalue weighted by molar-refractivity contribution is -0.127. The second kappa shape index (κ2) is 11.0. The van der Waals surface area contributed by atoms with Crippen LogP contribution in [0, 0.1) is 0 Å². The number of fused-ring (bicyclic) bond motifs is 4. The van der Waals surface area contributed by atoms with E-state index in [2.05, 4.69) is 24.9 Å². The first-order chi connectivity index (χ1) is 18.4. The summed E-state index contributed by atoms with van der Waals surface area (Å²) in [6, 6.07) is 12.0. The zero-order valence-corrected chi connectivity index (χ0v) is 22.3. The highest BCUT2D eigenvalue weighted by Crippen LogP contribution is 2.35. The van der Waals surface area contributed by atoms with Crippen molar-refractivity contribution in [2.24, 2.45) is 10.7 Å². The molecule has 2 heterocycles. The van der Waals surface area contributed by atoms with Crippen LogP contribution in [0.25, 0.3) is 28.0 Å². The molecule has 2 aromatic carbocycles. The number of aliphatic hydroxyl groups excluding tert-OH is 1. The van der Waals surface area contributed by atoms with Crippen molar-refractivity contribution < 1.29 is 9.90 Å². The van der Waals surface area contributed by atoms with Gasteiger partial charge in [-0.05, 0) is 78.5 Å². The van der Waals surface area contributed by atoms with Crippen LogP contribution in [0.15, 0.2) is 51.8 Å². The Morgan fingerprint density at radius 1 is 1.05 bits per heavy atom. The number of benzene rings is 2. The van der Waals surface area contributed by atoms with Crippen LogP contribution in [0.4, 0.5) is 5.69 Å². The van der Waals surface area contributed by atoms with Crippen LogP contribution in [0.1, 0.15) is 56.4 Å². The molecule has 1 aliphatic carbocycles. The Balaban J connectivity index is 1.55. The third kappa shape index (κ3) is 4.78. The number of hydrogen-bond acceptors (Lipinski definition) is 5. The van der Waals surface area contributed by atoms with Gasteiger partial charge in [0, 0.05) is 48.3 Å². The highest BCUT2D eigenvalue weighted by atomic mass is 16.3. The van der Waals surface area contributed by atoms with Crippen molar-refractivity contribution in [3.8, 4) is 11.1 Å². The first-order valence-corrected chi connectivity index (χ1v) is 13.7. The van der Waals surface area contributed by atoms with Gasteiger partial charge in [-0.3, -0.25) is 9.59 Å². The van der Waals surface area contributed by atoms with Gasteiger partial charge in [-0.25, -0.2) is 4.99 Å². The van der Waals surface area contributed by atoms with E-state index in [9.17, 15) is 14.7 Å². The van der Waals surface area contributed by atoms with Crippen molar-refractivity contribution in [1.82, 2.24) is 9.47 Å². The number of nitrogens with two attached hydrogens (primary N) is 1. The zero-order valence-electron chi connectivity index (χ0n) is 22.3. The van der Waals surface area contributed by atoms with Gasteiger partial charge in [0.15, 0.2) is 0 Å². The standard InChI is InChI=1S/C31H36N4O3/c1-3-12-34(13-4-2)30(37)23-16-22-9-8-21(18-27(22)33-29(32)19-23)20-10-11-25-26(17-20)24-6-5-7-28(24)35(14-15-36)31(25)38/h8-11,16-18,36H,3-7,12-15,19H2,1-2H3,(H2,32,33). The van der Waals surface area contributed by atoms with Crippen molar-refractivity contribution in [3.05, 3.63) is 69.1 Å². The third-order valence-corrected chi connectivity index (χ3v) is 7.54. The van der Waals surface area contributed by atoms with Gasteiger partial charge >= 0.3 is 0 Å². The number of carbonyl (C=O) groups is 1. The maximum atomic E-state index is 13.3. The average Bonchev–Trinajstić information content (AvgIpc) is 3.34. The fraction of sp³-hybridized carbons (Fsp3) is 0.387. The molecule has 198 valence electrons. The number of pyridine rings is 1. The largest absolute Gasteiger partial charge is 0.395 e. The van der Waals surface area contributed by atoms with Crippen molar-refractivity contribution in [3.63, 3.8) is 0 Å². The van der Waals surface area contributed by atoms with E-state index in [4.69, 9.17) is 5.73 Å². The highest BCUT2D eigenvalue weighted by molar-refractivity contribution is 6.05. The van der Waals surface area contributed by atoms with Crippen LogP contribution in [0.3, 0.4) is 0 Å². The van der Waals surface area contributed by atoms with Gasteiger partial charge in [0.2, 0.25) is 5.91 Å². The van der Waals surface area contributed by atoms with Gasteiger partial charge < -0.3 is 20.3 Å². The summed E-state index contributed by atoms with van der Waals surface area (Å²) < 4.78 is 1.75. The first kappa shape index (κ1) is 25.9. The monoisotopic (exact) mass is 512 g/mol. The molecule has 38 heavy (non-hydrogen) atoms. The summed E-state index contributed by atoms with van der Waals surface area (Å²) in [4.78, 5) is 33.1. The van der Waals surface area contributed by atoms with Crippen LogP contribution in [-0.2, 0) is 24.2 Å². The Morgan fingerprint density at radius 2 is 1.79 bits per heavy atom. The minimum Gasteiger partial charge on any atom is -0.395 e. The number of rotatable bonds is 8. The van der Waals surface area contributed by atoms with Crippen LogP contribution in [0.2, 0.25) is 0 Å². The summed E-state index contributed by atoms with van der Waals surface area (Å²) in [5.41, 5.74) is 12.8. The van der Waals surface area contributed by atoms with Crippen LogP contribution in [-0.4, -0.2) is 46.0 Å². The lowest BCUT2D eigenvalue weighted by atomic mass is 9.96. The Kier molecular flexibility index (Phi) is 7.47. The van der Waals surface area contributed by atoms with Crippen molar-refractivity contribution in [2.75, 3.05) is 19.7 Å². The molecule has 3 N–H and O–H groups in total. The molecule has 0 spiro atoms. The molecule has 1 aromatic heterocycles. The number of amidine groups is 1. The molecule has 1 amide bonds. The molecule has 0 radical (unpaired) electrons. The normalized spacial score (nSPS) is 14.5. The minimum atomic E-state index is -0.0499. The van der Waals surface area contributed by atoms with E-state index in [-0.39, 0.29) is 18.1 Å². The molecule has 2 aliphatic rings. The van der Waals surface area contributed by atoms with E-state index in [0.717, 1.165) is 78.7 Å². The molecular weight excluding hydrogens is 476 g/mol. The number of aliphatic imine (C=N–C) groups is 1. The summed E-state index contributed by atoms with van der Waals surface area (Å²) in [5.74, 6) is 0.452. The van der Waals surface area contributed by atoms with Crippen LogP contribution in [0.5, 0.6) is 0 Å². The van der Waals surface area contributed by atoms with Gasteiger partial charge in [0.25, 0.3) is 5.56 Å². The number of hydrogen-bond donors (Lipinski definition) is 2. The molecule has 0 saturated carbocycles. The van der Waals surface area contributed by atoms with Gasteiger partial charge in [0.1, 0.15) is 5.84 Å². The van der Waals surface area contributed by atoms with E-state index >= 15 is 0 Å².